The minimum Gasteiger partial charge on any atom is -0.454 e. The number of barbiturate groups is 1. The molecule has 0 unspecified atom stereocenters. The fourth-order valence-corrected chi connectivity index (χ4v) is 4.11. The van der Waals surface area contributed by atoms with Crippen LogP contribution < -0.4 is 24.6 Å². The van der Waals surface area contributed by atoms with Crippen LogP contribution >= 0.6 is 0 Å². The maximum atomic E-state index is 14.8. The Morgan fingerprint density at radius 2 is 1.78 bits per heavy atom. The molecule has 0 spiro atoms. The second kappa shape index (κ2) is 7.67. The topological polar surface area (TPSA) is 88.2 Å². The predicted octanol–water partition coefficient (Wildman–Crippen LogP) is 3.13. The third-order valence-electron chi connectivity index (χ3n) is 5.80. The second-order valence-electron chi connectivity index (χ2n) is 7.85. The molecule has 4 amide bonds. The van der Waals surface area contributed by atoms with Crippen molar-refractivity contribution in [1.82, 2.24) is 5.32 Å². The van der Waals surface area contributed by atoms with Gasteiger partial charge in [0, 0.05) is 19.2 Å². The predicted molar refractivity (Wildman–Crippen MR) is 114 cm³/mol. The number of hydrogen-bond donors (Lipinski definition) is 1. The molecule has 5 rings (SSSR count). The highest BCUT2D eigenvalue weighted by atomic mass is 19.1. The van der Waals surface area contributed by atoms with E-state index in [-0.39, 0.29) is 18.1 Å². The highest BCUT2D eigenvalue weighted by Gasteiger charge is 2.37. The fourth-order valence-electron chi connectivity index (χ4n) is 4.11. The van der Waals surface area contributed by atoms with Crippen molar-refractivity contribution in [2.45, 2.75) is 19.8 Å². The molecular formula is C23H20FN3O5. The Balaban J connectivity index is 1.50. The number of carbonyl (C=O) groups is 3. The maximum Gasteiger partial charge on any atom is 0.335 e. The number of urea groups is 1. The van der Waals surface area contributed by atoms with Gasteiger partial charge in [-0.15, -0.1) is 0 Å². The Morgan fingerprint density at radius 1 is 1.03 bits per heavy atom. The number of amides is 4. The molecule has 0 bridgehead atoms. The summed E-state index contributed by atoms with van der Waals surface area (Å²) in [5.74, 6) is -1.17. The summed E-state index contributed by atoms with van der Waals surface area (Å²) in [6.07, 6.45) is 3.35. The molecule has 0 radical (unpaired) electrons. The SMILES string of the molecule is Cc1cc(N2CCCC2)c(F)cc1/C=C1\C(=O)NC(=O)N(c2ccc3c(c2)OCO3)C1=O. The van der Waals surface area contributed by atoms with Crippen molar-refractivity contribution in [3.8, 4) is 11.5 Å². The number of nitrogens with zero attached hydrogens (tertiary/aromatic N) is 2. The molecule has 3 aliphatic rings. The highest BCUT2D eigenvalue weighted by molar-refractivity contribution is 6.39. The summed E-state index contributed by atoms with van der Waals surface area (Å²) in [5.41, 5.74) is 1.58. The Bertz CT molecular complexity index is 1190. The number of imide groups is 2. The molecule has 2 fully saturated rings. The molecule has 0 atom stereocenters. The number of fused-ring (bicyclic) bond motifs is 1. The molecule has 0 aromatic heterocycles. The lowest BCUT2D eigenvalue weighted by atomic mass is 10.0. The zero-order chi connectivity index (χ0) is 22.4. The number of nitrogens with one attached hydrogen (secondary N) is 1. The highest BCUT2D eigenvalue weighted by Crippen LogP contribution is 2.36. The second-order valence-corrected chi connectivity index (χ2v) is 7.85. The van der Waals surface area contributed by atoms with E-state index in [1.807, 2.05) is 4.90 Å². The monoisotopic (exact) mass is 437 g/mol. The molecule has 2 saturated heterocycles. The van der Waals surface area contributed by atoms with Crippen LogP contribution in [0.5, 0.6) is 11.5 Å². The average molecular weight is 437 g/mol. The maximum absolute atomic E-state index is 14.8. The lowest BCUT2D eigenvalue weighted by Gasteiger charge is -2.26. The van der Waals surface area contributed by atoms with Gasteiger partial charge in [0.15, 0.2) is 11.5 Å². The van der Waals surface area contributed by atoms with Gasteiger partial charge in [0.05, 0.1) is 11.4 Å². The van der Waals surface area contributed by atoms with Gasteiger partial charge in [-0.05, 0) is 61.2 Å². The molecule has 2 aromatic rings. The minimum atomic E-state index is -0.872. The first-order valence-corrected chi connectivity index (χ1v) is 10.3. The van der Waals surface area contributed by atoms with Crippen molar-refractivity contribution < 1.29 is 28.2 Å². The minimum absolute atomic E-state index is 0.0425. The van der Waals surface area contributed by atoms with Crippen LogP contribution in [0.4, 0.5) is 20.6 Å². The number of rotatable bonds is 3. The summed E-state index contributed by atoms with van der Waals surface area (Å²) in [7, 11) is 0. The van der Waals surface area contributed by atoms with Gasteiger partial charge in [0.1, 0.15) is 11.4 Å². The average Bonchev–Trinajstić information content (AvgIpc) is 3.44. The van der Waals surface area contributed by atoms with Crippen LogP contribution in [0.15, 0.2) is 35.9 Å². The third kappa shape index (κ3) is 3.35. The van der Waals surface area contributed by atoms with Crippen molar-refractivity contribution in [1.29, 1.82) is 0 Å². The number of benzene rings is 2. The Kier molecular flexibility index (Phi) is 4.80. The van der Waals surface area contributed by atoms with E-state index in [1.165, 1.54) is 24.3 Å². The van der Waals surface area contributed by atoms with Gasteiger partial charge in [-0.1, -0.05) is 0 Å². The quantitative estimate of drug-likeness (QED) is 0.586. The standard InChI is InChI=1S/C23H20FN3O5/c1-13-8-18(26-6-2-3-7-26)17(24)10-14(13)9-16-21(28)25-23(30)27(22(16)29)15-4-5-19-20(11-15)32-12-31-19/h4-5,8-11H,2-3,6-7,12H2,1H3,(H,25,28,30)/b16-9+. The molecule has 0 aliphatic carbocycles. The number of anilines is 2. The summed E-state index contributed by atoms with van der Waals surface area (Å²) in [6, 6.07) is 6.76. The first-order valence-electron chi connectivity index (χ1n) is 10.3. The molecule has 0 saturated carbocycles. The van der Waals surface area contributed by atoms with Gasteiger partial charge in [0.2, 0.25) is 6.79 Å². The van der Waals surface area contributed by atoms with Crippen LogP contribution in [0.25, 0.3) is 6.08 Å². The van der Waals surface area contributed by atoms with Gasteiger partial charge < -0.3 is 14.4 Å². The van der Waals surface area contributed by atoms with E-state index in [0.29, 0.717) is 28.3 Å². The number of ether oxygens (including phenoxy) is 2. The molecule has 8 nitrogen and oxygen atoms in total. The van der Waals surface area contributed by atoms with Crippen LogP contribution in [0.1, 0.15) is 24.0 Å². The van der Waals surface area contributed by atoms with Crippen LogP contribution in [0.3, 0.4) is 0 Å². The lowest BCUT2D eigenvalue weighted by molar-refractivity contribution is -0.122. The summed E-state index contributed by atoms with van der Waals surface area (Å²) < 4.78 is 25.4. The normalized spacial score (nSPS) is 19.2. The Labute approximate surface area is 183 Å². The van der Waals surface area contributed by atoms with Gasteiger partial charge in [0.25, 0.3) is 11.8 Å². The number of hydrogen-bond acceptors (Lipinski definition) is 6. The van der Waals surface area contributed by atoms with Crippen LogP contribution in [-0.2, 0) is 9.59 Å². The molecule has 2 aromatic carbocycles. The van der Waals surface area contributed by atoms with E-state index < -0.39 is 23.7 Å². The molecule has 1 N–H and O–H groups in total. The number of aryl methyl sites for hydroxylation is 1. The molecule has 9 heteroatoms. The van der Waals surface area contributed by atoms with Crippen molar-refractivity contribution in [3.63, 3.8) is 0 Å². The van der Waals surface area contributed by atoms with E-state index in [2.05, 4.69) is 5.32 Å². The van der Waals surface area contributed by atoms with Gasteiger partial charge in [-0.3, -0.25) is 14.9 Å². The van der Waals surface area contributed by atoms with Gasteiger partial charge in [-0.25, -0.2) is 14.1 Å². The van der Waals surface area contributed by atoms with Crippen LogP contribution in [0, 0.1) is 12.7 Å². The summed E-state index contributed by atoms with van der Waals surface area (Å²) >= 11 is 0. The van der Waals surface area contributed by atoms with Crippen molar-refractivity contribution in [3.05, 3.63) is 52.8 Å². The van der Waals surface area contributed by atoms with E-state index in [4.69, 9.17) is 9.47 Å². The summed E-state index contributed by atoms with van der Waals surface area (Å²) in [5, 5.41) is 2.17. The van der Waals surface area contributed by atoms with Gasteiger partial charge in [-0.2, -0.15) is 0 Å². The third-order valence-corrected chi connectivity index (χ3v) is 5.80. The van der Waals surface area contributed by atoms with E-state index in [0.717, 1.165) is 30.8 Å². The van der Waals surface area contributed by atoms with E-state index >= 15 is 0 Å². The summed E-state index contributed by atoms with van der Waals surface area (Å²) in [4.78, 5) is 40.9. The molecular weight excluding hydrogens is 417 g/mol. The number of carbonyl (C=O) groups excluding carboxylic acids is 3. The molecule has 164 valence electrons. The van der Waals surface area contributed by atoms with E-state index in [9.17, 15) is 18.8 Å². The van der Waals surface area contributed by atoms with Crippen LogP contribution in [-0.4, -0.2) is 37.7 Å². The Hall–Kier alpha value is -3.88. The van der Waals surface area contributed by atoms with Crippen molar-refractivity contribution in [2.75, 3.05) is 29.7 Å². The lowest BCUT2D eigenvalue weighted by Crippen LogP contribution is -2.54. The molecule has 32 heavy (non-hydrogen) atoms. The summed E-state index contributed by atoms with van der Waals surface area (Å²) in [6.45, 7) is 3.42. The Morgan fingerprint density at radius 3 is 2.56 bits per heavy atom. The zero-order valence-corrected chi connectivity index (χ0v) is 17.3. The van der Waals surface area contributed by atoms with Gasteiger partial charge >= 0.3 is 6.03 Å². The smallest absolute Gasteiger partial charge is 0.335 e. The van der Waals surface area contributed by atoms with E-state index in [1.54, 1.807) is 19.1 Å². The zero-order valence-electron chi connectivity index (χ0n) is 17.3. The number of halogens is 1. The fraction of sp³-hybridized carbons (Fsp3) is 0.261. The first-order chi connectivity index (χ1) is 15.4. The largest absolute Gasteiger partial charge is 0.454 e. The molecule has 3 heterocycles. The molecule has 3 aliphatic heterocycles. The van der Waals surface area contributed by atoms with Crippen molar-refractivity contribution >= 4 is 35.3 Å². The van der Waals surface area contributed by atoms with Crippen molar-refractivity contribution in [2.24, 2.45) is 0 Å². The van der Waals surface area contributed by atoms with Crippen LogP contribution in [0.2, 0.25) is 0 Å². The first kappa shape index (κ1) is 20.0.